The SMILES string of the molecule is NCC1CCCN(C2CC2)C1c1cncc(Br)c1. The minimum atomic E-state index is 0.473. The number of aromatic nitrogens is 1. The molecule has 0 amide bonds. The summed E-state index contributed by atoms with van der Waals surface area (Å²) in [5, 5.41) is 0. The second kappa shape index (κ2) is 5.27. The third kappa shape index (κ3) is 2.46. The van der Waals surface area contributed by atoms with Crippen LogP contribution in [0.5, 0.6) is 0 Å². The van der Waals surface area contributed by atoms with Gasteiger partial charge in [-0.1, -0.05) is 0 Å². The molecule has 1 aromatic rings. The summed E-state index contributed by atoms with van der Waals surface area (Å²) in [6, 6.07) is 3.48. The quantitative estimate of drug-likeness (QED) is 0.933. The van der Waals surface area contributed by atoms with Gasteiger partial charge in [-0.2, -0.15) is 0 Å². The van der Waals surface area contributed by atoms with Crippen molar-refractivity contribution in [2.75, 3.05) is 13.1 Å². The van der Waals surface area contributed by atoms with Crippen molar-refractivity contribution in [1.29, 1.82) is 0 Å². The number of hydrogen-bond acceptors (Lipinski definition) is 3. The maximum Gasteiger partial charge on any atom is 0.0410 e. The zero-order chi connectivity index (χ0) is 12.5. The topological polar surface area (TPSA) is 42.1 Å². The Morgan fingerprint density at radius 1 is 1.33 bits per heavy atom. The lowest BCUT2D eigenvalue weighted by atomic mass is 9.85. The number of pyridine rings is 1. The van der Waals surface area contributed by atoms with Crippen molar-refractivity contribution in [3.05, 3.63) is 28.5 Å². The molecule has 4 heteroatoms. The van der Waals surface area contributed by atoms with Gasteiger partial charge in [0.05, 0.1) is 0 Å². The third-order valence-corrected chi connectivity index (χ3v) is 4.61. The van der Waals surface area contributed by atoms with Crippen molar-refractivity contribution in [3.8, 4) is 0 Å². The van der Waals surface area contributed by atoms with E-state index in [1.807, 2.05) is 12.4 Å². The van der Waals surface area contributed by atoms with Gasteiger partial charge in [0.15, 0.2) is 0 Å². The van der Waals surface area contributed by atoms with Gasteiger partial charge in [0.25, 0.3) is 0 Å². The van der Waals surface area contributed by atoms with Crippen LogP contribution < -0.4 is 5.73 Å². The van der Waals surface area contributed by atoms with Gasteiger partial charge in [0.2, 0.25) is 0 Å². The molecule has 0 bridgehead atoms. The zero-order valence-corrected chi connectivity index (χ0v) is 12.1. The van der Waals surface area contributed by atoms with Gasteiger partial charge in [-0.3, -0.25) is 9.88 Å². The van der Waals surface area contributed by atoms with E-state index < -0.39 is 0 Å². The van der Waals surface area contributed by atoms with E-state index in [9.17, 15) is 0 Å². The summed E-state index contributed by atoms with van der Waals surface area (Å²) in [5.41, 5.74) is 7.32. The number of halogens is 1. The molecule has 1 aromatic heterocycles. The molecule has 3 nitrogen and oxygen atoms in total. The minimum absolute atomic E-state index is 0.473. The summed E-state index contributed by atoms with van der Waals surface area (Å²) in [7, 11) is 0. The zero-order valence-electron chi connectivity index (χ0n) is 10.6. The predicted molar refractivity (Wildman–Crippen MR) is 76.2 cm³/mol. The maximum absolute atomic E-state index is 5.99. The predicted octanol–water partition coefficient (Wildman–Crippen LogP) is 2.72. The number of rotatable bonds is 3. The van der Waals surface area contributed by atoms with E-state index in [2.05, 4.69) is 31.9 Å². The molecule has 0 radical (unpaired) electrons. The molecule has 1 aliphatic carbocycles. The molecule has 2 N–H and O–H groups in total. The molecule has 2 unspecified atom stereocenters. The number of nitrogens with zero attached hydrogens (tertiary/aromatic N) is 2. The maximum atomic E-state index is 5.99. The van der Waals surface area contributed by atoms with Crippen LogP contribution in [0.3, 0.4) is 0 Å². The molecular formula is C14H20BrN3. The Hall–Kier alpha value is -0.450. The Kier molecular flexibility index (Phi) is 3.68. The average Bonchev–Trinajstić information content (AvgIpc) is 3.22. The molecule has 1 saturated heterocycles. The van der Waals surface area contributed by atoms with Crippen molar-refractivity contribution in [1.82, 2.24) is 9.88 Å². The lowest BCUT2D eigenvalue weighted by Crippen LogP contribution is -2.42. The van der Waals surface area contributed by atoms with Gasteiger partial charge in [-0.15, -0.1) is 0 Å². The smallest absolute Gasteiger partial charge is 0.0410 e. The molecule has 0 spiro atoms. The van der Waals surface area contributed by atoms with E-state index in [0.717, 1.165) is 17.1 Å². The molecule has 98 valence electrons. The van der Waals surface area contributed by atoms with Crippen LogP contribution in [0.4, 0.5) is 0 Å². The second-order valence-corrected chi connectivity index (χ2v) is 6.40. The lowest BCUT2D eigenvalue weighted by Gasteiger charge is -2.41. The first-order chi connectivity index (χ1) is 8.79. The Bertz CT molecular complexity index is 419. The van der Waals surface area contributed by atoms with Crippen LogP contribution in [0.15, 0.2) is 22.9 Å². The normalized spacial score (nSPS) is 29.4. The fourth-order valence-electron chi connectivity index (χ4n) is 3.22. The summed E-state index contributed by atoms with van der Waals surface area (Å²) >= 11 is 3.53. The first-order valence-electron chi connectivity index (χ1n) is 6.86. The molecule has 2 fully saturated rings. The fraction of sp³-hybridized carbons (Fsp3) is 0.643. The molecule has 2 atom stereocenters. The van der Waals surface area contributed by atoms with E-state index in [4.69, 9.17) is 5.73 Å². The fourth-order valence-corrected chi connectivity index (χ4v) is 3.60. The summed E-state index contributed by atoms with van der Waals surface area (Å²) in [6.07, 6.45) is 9.11. The Labute approximate surface area is 117 Å². The first-order valence-corrected chi connectivity index (χ1v) is 7.65. The van der Waals surface area contributed by atoms with Gasteiger partial charge in [-0.05, 0) is 72.3 Å². The minimum Gasteiger partial charge on any atom is -0.330 e. The second-order valence-electron chi connectivity index (χ2n) is 5.49. The highest BCUT2D eigenvalue weighted by atomic mass is 79.9. The highest BCUT2D eigenvalue weighted by Gasteiger charge is 2.40. The van der Waals surface area contributed by atoms with Crippen molar-refractivity contribution < 1.29 is 0 Å². The van der Waals surface area contributed by atoms with E-state index >= 15 is 0 Å². The first kappa shape index (κ1) is 12.6. The van der Waals surface area contributed by atoms with E-state index in [0.29, 0.717) is 12.0 Å². The highest BCUT2D eigenvalue weighted by Crippen LogP contribution is 2.42. The van der Waals surface area contributed by atoms with Gasteiger partial charge in [-0.25, -0.2) is 0 Å². The third-order valence-electron chi connectivity index (χ3n) is 4.18. The molecule has 2 aliphatic rings. The molecule has 0 aromatic carbocycles. The van der Waals surface area contributed by atoms with Crippen molar-refractivity contribution in [3.63, 3.8) is 0 Å². The number of piperidine rings is 1. The number of hydrogen-bond donors (Lipinski definition) is 1. The van der Waals surface area contributed by atoms with Crippen LogP contribution in [-0.2, 0) is 0 Å². The number of nitrogens with two attached hydrogens (primary N) is 1. The van der Waals surface area contributed by atoms with Crippen LogP contribution in [0, 0.1) is 5.92 Å². The molecule has 18 heavy (non-hydrogen) atoms. The Morgan fingerprint density at radius 3 is 2.83 bits per heavy atom. The summed E-state index contributed by atoms with van der Waals surface area (Å²) in [5.74, 6) is 0.579. The van der Waals surface area contributed by atoms with Gasteiger partial charge < -0.3 is 5.73 Å². The molecule has 1 aliphatic heterocycles. The van der Waals surface area contributed by atoms with Crippen LogP contribution in [0.25, 0.3) is 0 Å². The van der Waals surface area contributed by atoms with Crippen molar-refractivity contribution in [2.24, 2.45) is 11.7 Å². The molecule has 2 heterocycles. The van der Waals surface area contributed by atoms with Crippen molar-refractivity contribution in [2.45, 2.75) is 37.8 Å². The average molecular weight is 310 g/mol. The van der Waals surface area contributed by atoms with E-state index in [-0.39, 0.29) is 0 Å². The highest BCUT2D eigenvalue weighted by molar-refractivity contribution is 9.10. The Morgan fingerprint density at radius 2 is 2.17 bits per heavy atom. The van der Waals surface area contributed by atoms with Gasteiger partial charge >= 0.3 is 0 Å². The van der Waals surface area contributed by atoms with Crippen LogP contribution >= 0.6 is 15.9 Å². The van der Waals surface area contributed by atoms with Crippen LogP contribution in [0.2, 0.25) is 0 Å². The standard InChI is InChI=1S/C14H20BrN3/c15-12-6-11(8-17-9-12)14-10(7-16)2-1-5-18(14)13-3-4-13/h6,8-10,13-14H,1-5,7,16H2. The number of likely N-dealkylation sites (tertiary alicyclic amines) is 1. The van der Waals surface area contributed by atoms with E-state index in [1.54, 1.807) is 0 Å². The largest absolute Gasteiger partial charge is 0.330 e. The Balaban J connectivity index is 1.91. The summed E-state index contributed by atoms with van der Waals surface area (Å²) in [6.45, 7) is 2.00. The molecular weight excluding hydrogens is 290 g/mol. The van der Waals surface area contributed by atoms with Gasteiger partial charge in [0, 0.05) is 29.0 Å². The van der Waals surface area contributed by atoms with Gasteiger partial charge in [0.1, 0.15) is 0 Å². The molecule has 3 rings (SSSR count). The van der Waals surface area contributed by atoms with Crippen molar-refractivity contribution >= 4 is 15.9 Å². The van der Waals surface area contributed by atoms with Crippen LogP contribution in [-0.4, -0.2) is 29.0 Å². The summed E-state index contributed by atoms with van der Waals surface area (Å²) < 4.78 is 1.07. The summed E-state index contributed by atoms with van der Waals surface area (Å²) in [4.78, 5) is 7.00. The van der Waals surface area contributed by atoms with Crippen LogP contribution in [0.1, 0.15) is 37.3 Å². The van der Waals surface area contributed by atoms with E-state index in [1.165, 1.54) is 37.8 Å². The monoisotopic (exact) mass is 309 g/mol. The molecule has 1 saturated carbocycles. The lowest BCUT2D eigenvalue weighted by molar-refractivity contribution is 0.0877.